The van der Waals surface area contributed by atoms with E-state index in [0.717, 1.165) is 19.5 Å². The van der Waals surface area contributed by atoms with Gasteiger partial charge in [0.15, 0.2) is 0 Å². The third-order valence-corrected chi connectivity index (χ3v) is 3.99. The van der Waals surface area contributed by atoms with Crippen LogP contribution in [0.4, 0.5) is 0 Å². The van der Waals surface area contributed by atoms with Crippen molar-refractivity contribution in [1.82, 2.24) is 4.90 Å². The van der Waals surface area contributed by atoms with Crippen molar-refractivity contribution in [2.45, 2.75) is 38.8 Å². The molecule has 0 aromatic carbocycles. The normalized spacial score (nSPS) is 33.8. The Hall–Kier alpha value is -0.870. The Balaban J connectivity index is 1.88. The lowest BCUT2D eigenvalue weighted by Gasteiger charge is -2.20. The Labute approximate surface area is 102 Å². The van der Waals surface area contributed by atoms with Gasteiger partial charge >= 0.3 is 5.97 Å². The van der Waals surface area contributed by atoms with Crippen molar-refractivity contribution < 1.29 is 14.6 Å². The van der Waals surface area contributed by atoms with Crippen LogP contribution in [0.2, 0.25) is 0 Å². The molecule has 2 saturated heterocycles. The first-order chi connectivity index (χ1) is 8.13. The van der Waals surface area contributed by atoms with Crippen LogP contribution in [0.25, 0.3) is 0 Å². The molecule has 96 valence electrons. The minimum absolute atomic E-state index is 0.0890. The van der Waals surface area contributed by atoms with Crippen molar-refractivity contribution in [1.29, 1.82) is 0 Å². The van der Waals surface area contributed by atoms with E-state index in [2.05, 4.69) is 4.90 Å². The number of carbonyl (C=O) groups excluding carboxylic acids is 1. The van der Waals surface area contributed by atoms with Crippen LogP contribution >= 0.6 is 0 Å². The molecule has 2 aliphatic heterocycles. The van der Waals surface area contributed by atoms with Crippen molar-refractivity contribution in [3.8, 4) is 0 Å². The lowest BCUT2D eigenvalue weighted by Crippen LogP contribution is -2.31. The number of fused-ring (bicyclic) bond motifs is 1. The van der Waals surface area contributed by atoms with Gasteiger partial charge in [-0.2, -0.15) is 0 Å². The van der Waals surface area contributed by atoms with Crippen LogP contribution in [0.3, 0.4) is 0 Å². The monoisotopic (exact) mass is 239 g/mol. The summed E-state index contributed by atoms with van der Waals surface area (Å²) in [6.45, 7) is 5.71. The molecule has 2 fully saturated rings. The molecule has 4 heteroatoms. The molecule has 2 aliphatic rings. The summed E-state index contributed by atoms with van der Waals surface area (Å²) in [6.07, 6.45) is 3.70. The fourth-order valence-corrected chi connectivity index (χ4v) is 2.82. The van der Waals surface area contributed by atoms with Crippen LogP contribution < -0.4 is 0 Å². The second-order valence-corrected chi connectivity index (χ2v) is 5.01. The van der Waals surface area contributed by atoms with Crippen molar-refractivity contribution in [3.63, 3.8) is 0 Å². The second-order valence-electron chi connectivity index (χ2n) is 5.01. The Kier molecular flexibility index (Phi) is 3.84. The highest BCUT2D eigenvalue weighted by atomic mass is 16.5. The molecule has 0 aliphatic carbocycles. The van der Waals surface area contributed by atoms with E-state index in [0.29, 0.717) is 18.2 Å². The van der Waals surface area contributed by atoms with Gasteiger partial charge in [-0.05, 0) is 33.2 Å². The predicted molar refractivity (Wildman–Crippen MR) is 64.5 cm³/mol. The number of nitrogens with zero attached hydrogens (tertiary/aromatic N) is 1. The molecule has 2 heterocycles. The average Bonchev–Trinajstić information content (AvgIpc) is 2.86. The maximum Gasteiger partial charge on any atom is 0.333 e. The largest absolute Gasteiger partial charge is 0.462 e. The van der Waals surface area contributed by atoms with Gasteiger partial charge < -0.3 is 9.84 Å². The van der Waals surface area contributed by atoms with E-state index in [1.807, 2.05) is 6.92 Å². The number of esters is 1. The Morgan fingerprint density at radius 3 is 3.06 bits per heavy atom. The first-order valence-corrected chi connectivity index (χ1v) is 6.35. The number of allylic oxidation sites excluding steroid dienone is 1. The van der Waals surface area contributed by atoms with Gasteiger partial charge in [-0.15, -0.1) is 0 Å². The van der Waals surface area contributed by atoms with E-state index in [4.69, 9.17) is 4.74 Å². The standard InChI is InChI=1S/C13H21NO3/c1-3-9(2)13(16)17-8-10-11-5-4-6-14(11)7-12(10)15/h3,10-12,15H,4-8H2,1-2H3/b9-3+/t10-,11-,12+/m1/s1. The van der Waals surface area contributed by atoms with Crippen LogP contribution in [0.1, 0.15) is 26.7 Å². The van der Waals surface area contributed by atoms with Crippen LogP contribution in [0.5, 0.6) is 0 Å². The number of aliphatic hydroxyl groups is 1. The number of carbonyl (C=O) groups is 1. The zero-order valence-electron chi connectivity index (χ0n) is 10.6. The SMILES string of the molecule is C/C=C(\C)C(=O)OC[C@@H]1[C@H]2CCCN2C[C@@H]1O. The van der Waals surface area contributed by atoms with Crippen LogP contribution in [0.15, 0.2) is 11.6 Å². The summed E-state index contributed by atoms with van der Waals surface area (Å²) in [5, 5.41) is 9.96. The maximum absolute atomic E-state index is 11.5. The fraction of sp³-hybridized carbons (Fsp3) is 0.769. The highest BCUT2D eigenvalue weighted by Crippen LogP contribution is 2.33. The molecule has 0 bridgehead atoms. The molecule has 17 heavy (non-hydrogen) atoms. The third-order valence-electron chi connectivity index (χ3n) is 3.99. The zero-order valence-corrected chi connectivity index (χ0v) is 10.6. The van der Waals surface area contributed by atoms with E-state index in [1.54, 1.807) is 13.0 Å². The topological polar surface area (TPSA) is 49.8 Å². The maximum atomic E-state index is 11.5. The van der Waals surface area contributed by atoms with Crippen LogP contribution in [-0.2, 0) is 9.53 Å². The molecule has 0 aromatic rings. The highest BCUT2D eigenvalue weighted by molar-refractivity contribution is 5.87. The Morgan fingerprint density at radius 1 is 1.59 bits per heavy atom. The molecular formula is C13H21NO3. The van der Waals surface area contributed by atoms with Gasteiger partial charge in [0, 0.05) is 24.1 Å². The summed E-state index contributed by atoms with van der Waals surface area (Å²) >= 11 is 0. The van der Waals surface area contributed by atoms with E-state index in [1.165, 1.54) is 6.42 Å². The molecule has 1 N–H and O–H groups in total. The Bertz CT molecular complexity index is 327. The smallest absolute Gasteiger partial charge is 0.333 e. The second kappa shape index (κ2) is 5.19. The molecule has 0 radical (unpaired) electrons. The van der Waals surface area contributed by atoms with Crippen molar-refractivity contribution in [2.75, 3.05) is 19.7 Å². The van der Waals surface area contributed by atoms with Gasteiger partial charge in [0.1, 0.15) is 0 Å². The fourth-order valence-electron chi connectivity index (χ4n) is 2.82. The quantitative estimate of drug-likeness (QED) is 0.588. The molecule has 4 nitrogen and oxygen atoms in total. The minimum atomic E-state index is -0.348. The van der Waals surface area contributed by atoms with Gasteiger partial charge in [0.05, 0.1) is 12.7 Å². The molecule has 0 spiro atoms. The summed E-state index contributed by atoms with van der Waals surface area (Å²) in [4.78, 5) is 13.9. The van der Waals surface area contributed by atoms with Crippen molar-refractivity contribution in [3.05, 3.63) is 11.6 Å². The first-order valence-electron chi connectivity index (χ1n) is 6.35. The van der Waals surface area contributed by atoms with Crippen LogP contribution in [0, 0.1) is 5.92 Å². The molecule has 3 atom stereocenters. The lowest BCUT2D eigenvalue weighted by molar-refractivity contribution is -0.141. The molecule has 0 aromatic heterocycles. The number of hydrogen-bond donors (Lipinski definition) is 1. The number of ether oxygens (including phenoxy) is 1. The van der Waals surface area contributed by atoms with E-state index < -0.39 is 0 Å². The van der Waals surface area contributed by atoms with Gasteiger partial charge in [0.2, 0.25) is 0 Å². The number of aliphatic hydroxyl groups excluding tert-OH is 1. The van der Waals surface area contributed by atoms with Gasteiger partial charge in [-0.3, -0.25) is 4.90 Å². The first kappa shape index (κ1) is 12.6. The van der Waals surface area contributed by atoms with Gasteiger partial charge in [-0.25, -0.2) is 4.79 Å². The van der Waals surface area contributed by atoms with Gasteiger partial charge in [-0.1, -0.05) is 6.08 Å². The van der Waals surface area contributed by atoms with Gasteiger partial charge in [0.25, 0.3) is 0 Å². The summed E-state index contributed by atoms with van der Waals surface area (Å²) < 4.78 is 5.26. The number of rotatable bonds is 3. The third kappa shape index (κ3) is 2.53. The van der Waals surface area contributed by atoms with Crippen molar-refractivity contribution >= 4 is 5.97 Å². The Morgan fingerprint density at radius 2 is 2.35 bits per heavy atom. The molecular weight excluding hydrogens is 218 g/mol. The van der Waals surface area contributed by atoms with E-state index in [9.17, 15) is 9.90 Å². The summed E-state index contributed by atoms with van der Waals surface area (Å²) in [6, 6.07) is 0.406. The summed E-state index contributed by atoms with van der Waals surface area (Å²) in [5.41, 5.74) is 0.626. The predicted octanol–water partition coefficient (Wildman–Crippen LogP) is 0.951. The summed E-state index contributed by atoms with van der Waals surface area (Å²) in [7, 11) is 0. The van der Waals surface area contributed by atoms with E-state index in [-0.39, 0.29) is 18.0 Å². The molecule has 2 rings (SSSR count). The molecule has 0 amide bonds. The number of hydrogen-bond acceptors (Lipinski definition) is 4. The highest BCUT2D eigenvalue weighted by Gasteiger charge is 2.43. The zero-order chi connectivity index (χ0) is 12.4. The van der Waals surface area contributed by atoms with E-state index >= 15 is 0 Å². The lowest BCUT2D eigenvalue weighted by atomic mass is 9.97. The molecule has 0 unspecified atom stereocenters. The van der Waals surface area contributed by atoms with Crippen LogP contribution in [-0.4, -0.2) is 47.8 Å². The average molecular weight is 239 g/mol. The molecule has 0 saturated carbocycles. The van der Waals surface area contributed by atoms with Crippen molar-refractivity contribution in [2.24, 2.45) is 5.92 Å². The summed E-state index contributed by atoms with van der Waals surface area (Å²) in [5.74, 6) is -0.178. The minimum Gasteiger partial charge on any atom is -0.462 e.